The third-order valence-corrected chi connectivity index (χ3v) is 3.16. The molecule has 106 valence electrons. The van der Waals surface area contributed by atoms with Crippen LogP contribution in [0, 0.1) is 20.8 Å². The van der Waals surface area contributed by atoms with E-state index >= 15 is 0 Å². The maximum atomic E-state index is 5.80. The topological polar surface area (TPSA) is 77.0 Å². The first-order chi connectivity index (χ1) is 9.38. The summed E-state index contributed by atoms with van der Waals surface area (Å²) >= 11 is 5.11. The average molecular weight is 290 g/mol. The molecule has 0 bridgehead atoms. The second-order valence-corrected chi connectivity index (χ2v) is 5.25. The van der Waals surface area contributed by atoms with Crippen LogP contribution < -0.4 is 11.1 Å². The van der Waals surface area contributed by atoms with Crippen LogP contribution in [0.15, 0.2) is 16.7 Å². The number of anilines is 1. The van der Waals surface area contributed by atoms with Crippen LogP contribution in [-0.2, 0) is 0 Å². The van der Waals surface area contributed by atoms with Crippen LogP contribution in [0.5, 0.6) is 0 Å². The molecular formula is C14H18N4OS. The number of aromatic nitrogens is 2. The summed E-state index contributed by atoms with van der Waals surface area (Å²) in [5.41, 5.74) is 9.13. The van der Waals surface area contributed by atoms with Gasteiger partial charge in [0.25, 0.3) is 0 Å². The van der Waals surface area contributed by atoms with Crippen molar-refractivity contribution in [1.29, 1.82) is 0 Å². The van der Waals surface area contributed by atoms with E-state index < -0.39 is 0 Å². The first-order valence-corrected chi connectivity index (χ1v) is 6.76. The molecule has 20 heavy (non-hydrogen) atoms. The predicted molar refractivity (Wildman–Crippen MR) is 82.9 cm³/mol. The Balaban J connectivity index is 2.35. The lowest BCUT2D eigenvalue weighted by molar-refractivity contribution is 0.453. The first-order valence-electron chi connectivity index (χ1n) is 6.35. The summed E-state index contributed by atoms with van der Waals surface area (Å²) in [6.07, 6.45) is 1.70. The molecule has 0 amide bonds. The number of oxazole rings is 1. The van der Waals surface area contributed by atoms with E-state index in [2.05, 4.69) is 15.3 Å². The van der Waals surface area contributed by atoms with Crippen molar-refractivity contribution in [3.05, 3.63) is 40.9 Å². The molecule has 0 aliphatic rings. The SMILES string of the molecule is Cc1cc(NC(C)c2ncc(C)o2)c(C(N)=S)c(C)n1. The molecule has 0 saturated carbocycles. The molecule has 0 aliphatic heterocycles. The van der Waals surface area contributed by atoms with Gasteiger partial charge in [0.1, 0.15) is 16.8 Å². The lowest BCUT2D eigenvalue weighted by Crippen LogP contribution is -2.18. The molecule has 0 aliphatic carbocycles. The van der Waals surface area contributed by atoms with Gasteiger partial charge in [-0.15, -0.1) is 0 Å². The first kappa shape index (κ1) is 14.5. The molecule has 0 saturated heterocycles. The molecule has 3 N–H and O–H groups in total. The van der Waals surface area contributed by atoms with Crippen molar-refractivity contribution in [2.45, 2.75) is 33.7 Å². The molecule has 2 aromatic heterocycles. The molecule has 1 atom stereocenters. The van der Waals surface area contributed by atoms with E-state index in [0.717, 1.165) is 28.4 Å². The zero-order valence-corrected chi connectivity index (χ0v) is 12.8. The van der Waals surface area contributed by atoms with E-state index in [-0.39, 0.29) is 6.04 Å². The number of hydrogen-bond acceptors (Lipinski definition) is 5. The Morgan fingerprint density at radius 1 is 1.40 bits per heavy atom. The van der Waals surface area contributed by atoms with Crippen LogP contribution in [0.3, 0.4) is 0 Å². The summed E-state index contributed by atoms with van der Waals surface area (Å²) in [6.45, 7) is 7.66. The monoisotopic (exact) mass is 290 g/mol. The Bertz CT molecular complexity index is 651. The lowest BCUT2D eigenvalue weighted by atomic mass is 10.1. The van der Waals surface area contributed by atoms with Crippen molar-refractivity contribution in [3.63, 3.8) is 0 Å². The fourth-order valence-electron chi connectivity index (χ4n) is 2.12. The number of hydrogen-bond donors (Lipinski definition) is 2. The Morgan fingerprint density at radius 3 is 2.65 bits per heavy atom. The van der Waals surface area contributed by atoms with Crippen molar-refractivity contribution in [1.82, 2.24) is 9.97 Å². The van der Waals surface area contributed by atoms with Crippen molar-refractivity contribution < 1.29 is 4.42 Å². The number of nitrogens with one attached hydrogen (secondary N) is 1. The van der Waals surface area contributed by atoms with Gasteiger partial charge in [0.05, 0.1) is 11.8 Å². The third-order valence-electron chi connectivity index (χ3n) is 2.96. The Morgan fingerprint density at radius 2 is 2.10 bits per heavy atom. The van der Waals surface area contributed by atoms with Crippen molar-refractivity contribution in [3.8, 4) is 0 Å². The van der Waals surface area contributed by atoms with Gasteiger partial charge < -0.3 is 15.5 Å². The molecule has 6 heteroatoms. The largest absolute Gasteiger partial charge is 0.444 e. The van der Waals surface area contributed by atoms with Gasteiger partial charge >= 0.3 is 0 Å². The van der Waals surface area contributed by atoms with E-state index in [0.29, 0.717) is 10.9 Å². The van der Waals surface area contributed by atoms with Gasteiger partial charge in [-0.05, 0) is 33.8 Å². The lowest BCUT2D eigenvalue weighted by Gasteiger charge is -2.17. The highest BCUT2D eigenvalue weighted by Gasteiger charge is 2.16. The van der Waals surface area contributed by atoms with Crippen molar-refractivity contribution >= 4 is 22.9 Å². The summed E-state index contributed by atoms with van der Waals surface area (Å²) < 4.78 is 5.52. The molecular weight excluding hydrogens is 272 g/mol. The molecule has 2 aromatic rings. The van der Waals surface area contributed by atoms with Crippen molar-refractivity contribution in [2.75, 3.05) is 5.32 Å². The Kier molecular flexibility index (Phi) is 4.04. The summed E-state index contributed by atoms with van der Waals surface area (Å²) in [5, 5.41) is 3.34. The smallest absolute Gasteiger partial charge is 0.216 e. The van der Waals surface area contributed by atoms with Crippen LogP contribution in [0.1, 0.15) is 41.6 Å². The number of aryl methyl sites for hydroxylation is 3. The molecule has 0 radical (unpaired) electrons. The molecule has 0 fully saturated rings. The average Bonchev–Trinajstić information content (AvgIpc) is 2.74. The van der Waals surface area contributed by atoms with Gasteiger partial charge in [0.15, 0.2) is 0 Å². The minimum absolute atomic E-state index is 0.0852. The summed E-state index contributed by atoms with van der Waals surface area (Å²) in [5.74, 6) is 1.41. The normalized spacial score (nSPS) is 12.2. The second-order valence-electron chi connectivity index (χ2n) is 4.81. The van der Waals surface area contributed by atoms with Gasteiger partial charge in [-0.1, -0.05) is 12.2 Å². The van der Waals surface area contributed by atoms with E-state index in [1.807, 2.05) is 33.8 Å². The van der Waals surface area contributed by atoms with Crippen LogP contribution in [-0.4, -0.2) is 15.0 Å². The number of nitrogens with two attached hydrogens (primary N) is 1. The molecule has 1 unspecified atom stereocenters. The molecule has 0 spiro atoms. The maximum Gasteiger partial charge on any atom is 0.216 e. The highest BCUT2D eigenvalue weighted by atomic mass is 32.1. The van der Waals surface area contributed by atoms with Crippen LogP contribution >= 0.6 is 12.2 Å². The summed E-state index contributed by atoms with van der Waals surface area (Å²) in [4.78, 5) is 8.94. The van der Waals surface area contributed by atoms with Gasteiger partial charge in [0, 0.05) is 17.1 Å². The van der Waals surface area contributed by atoms with Gasteiger partial charge in [-0.3, -0.25) is 4.98 Å². The van der Waals surface area contributed by atoms with Crippen molar-refractivity contribution in [2.24, 2.45) is 5.73 Å². The number of rotatable bonds is 4. The fourth-order valence-corrected chi connectivity index (χ4v) is 2.38. The van der Waals surface area contributed by atoms with Crippen LogP contribution in [0.2, 0.25) is 0 Å². The summed E-state index contributed by atoms with van der Waals surface area (Å²) in [6, 6.07) is 1.84. The Labute approximate surface area is 123 Å². The Hall–Kier alpha value is -1.95. The van der Waals surface area contributed by atoms with E-state index in [1.165, 1.54) is 0 Å². The number of pyridine rings is 1. The standard InChI is InChI=1S/C14H18N4OS/c1-7-5-11(12(13(15)20)9(3)17-7)18-10(4)14-16-6-8(2)19-14/h5-6,10H,1-4H3,(H2,15,20)(H,17,18). The maximum absolute atomic E-state index is 5.80. The highest BCUT2D eigenvalue weighted by Crippen LogP contribution is 2.24. The van der Waals surface area contributed by atoms with E-state index in [9.17, 15) is 0 Å². The zero-order chi connectivity index (χ0) is 14.9. The van der Waals surface area contributed by atoms with Gasteiger partial charge in [-0.25, -0.2) is 4.98 Å². The zero-order valence-electron chi connectivity index (χ0n) is 12.0. The second kappa shape index (κ2) is 5.58. The van der Waals surface area contributed by atoms with Crippen LogP contribution in [0.4, 0.5) is 5.69 Å². The van der Waals surface area contributed by atoms with Gasteiger partial charge in [0.2, 0.25) is 5.89 Å². The molecule has 0 aromatic carbocycles. The molecule has 5 nitrogen and oxygen atoms in total. The minimum atomic E-state index is -0.0852. The molecule has 2 heterocycles. The highest BCUT2D eigenvalue weighted by molar-refractivity contribution is 7.80. The predicted octanol–water partition coefficient (Wildman–Crippen LogP) is 2.80. The minimum Gasteiger partial charge on any atom is -0.444 e. The quantitative estimate of drug-likeness (QED) is 0.843. The van der Waals surface area contributed by atoms with Crippen LogP contribution in [0.25, 0.3) is 0 Å². The van der Waals surface area contributed by atoms with Gasteiger partial charge in [-0.2, -0.15) is 0 Å². The third kappa shape index (κ3) is 2.96. The fraction of sp³-hybridized carbons (Fsp3) is 0.357. The number of nitrogens with zero attached hydrogens (tertiary/aromatic N) is 2. The number of thiocarbonyl (C=S) groups is 1. The van der Waals surface area contributed by atoms with E-state index in [1.54, 1.807) is 6.20 Å². The molecule has 2 rings (SSSR count). The summed E-state index contributed by atoms with van der Waals surface area (Å²) in [7, 11) is 0. The van der Waals surface area contributed by atoms with E-state index in [4.69, 9.17) is 22.4 Å².